The van der Waals surface area contributed by atoms with E-state index >= 15 is 0 Å². The maximum absolute atomic E-state index is 12.1. The third-order valence-electron chi connectivity index (χ3n) is 3.34. The smallest absolute Gasteiger partial charge is 0.190 e. The molecular weight excluding hydrogens is 266 g/mol. The van der Waals surface area contributed by atoms with E-state index in [0.717, 1.165) is 16.1 Å². The molecule has 0 aliphatic heterocycles. The fourth-order valence-electron chi connectivity index (χ4n) is 1.71. The molecule has 0 saturated heterocycles. The second kappa shape index (κ2) is 6.14. The van der Waals surface area contributed by atoms with E-state index in [9.17, 15) is 4.79 Å². The van der Waals surface area contributed by atoms with Crippen LogP contribution in [0.4, 0.5) is 0 Å². The minimum Gasteiger partial charge on any atom is -0.354 e. The minimum absolute atomic E-state index is 0.0284. The van der Waals surface area contributed by atoms with Crippen molar-refractivity contribution < 1.29 is 0 Å². The minimum atomic E-state index is 0.0284. The van der Waals surface area contributed by atoms with Gasteiger partial charge in [0.05, 0.1) is 5.69 Å². The number of hydrogen-bond acceptors (Lipinski definition) is 2. The van der Waals surface area contributed by atoms with Crippen molar-refractivity contribution in [2.75, 3.05) is 0 Å². The summed E-state index contributed by atoms with van der Waals surface area (Å²) < 4.78 is 0. The van der Waals surface area contributed by atoms with Crippen molar-refractivity contribution in [3.05, 3.63) is 63.8 Å². The van der Waals surface area contributed by atoms with Gasteiger partial charge in [0, 0.05) is 21.9 Å². The third kappa shape index (κ3) is 3.23. The van der Waals surface area contributed by atoms with Gasteiger partial charge in [-0.25, -0.2) is 0 Å². The molecule has 20 heavy (non-hydrogen) atoms. The molecule has 0 saturated carbocycles. The zero-order chi connectivity index (χ0) is 14.7. The molecule has 0 fully saturated rings. The number of pyridine rings is 1. The summed E-state index contributed by atoms with van der Waals surface area (Å²) in [5, 5.41) is 2.81. The number of fused-ring (bicyclic) bond motifs is 1. The quantitative estimate of drug-likeness (QED) is 0.876. The Morgan fingerprint density at radius 3 is 2.75 bits per heavy atom. The lowest BCUT2D eigenvalue weighted by Crippen LogP contribution is -2.03. The summed E-state index contributed by atoms with van der Waals surface area (Å²) in [6.07, 6.45) is 0. The van der Waals surface area contributed by atoms with Crippen LogP contribution in [0.15, 0.2) is 52.7 Å². The Labute approximate surface area is 123 Å². The van der Waals surface area contributed by atoms with E-state index in [2.05, 4.69) is 37.7 Å². The molecule has 0 unspecified atom stereocenters. The Kier molecular flexibility index (Phi) is 4.50. The number of benzene rings is 1. The molecular formula is C17H19NOS. The van der Waals surface area contributed by atoms with Gasteiger partial charge in [0.25, 0.3) is 0 Å². The van der Waals surface area contributed by atoms with E-state index < -0.39 is 0 Å². The van der Waals surface area contributed by atoms with Crippen molar-refractivity contribution in [2.24, 2.45) is 5.92 Å². The van der Waals surface area contributed by atoms with E-state index in [4.69, 9.17) is 0 Å². The summed E-state index contributed by atoms with van der Waals surface area (Å²) in [7, 11) is 0. The molecule has 0 spiro atoms. The number of aromatic amines is 1. The molecule has 0 atom stereocenters. The van der Waals surface area contributed by atoms with Crippen molar-refractivity contribution in [3.63, 3.8) is 0 Å². The highest BCUT2D eigenvalue weighted by Crippen LogP contribution is 2.27. The molecule has 2 nitrogen and oxygen atoms in total. The lowest BCUT2D eigenvalue weighted by atomic mass is 10.1. The first-order chi connectivity index (χ1) is 9.49. The highest BCUT2D eigenvalue weighted by atomic mass is 32.2. The number of thioether (sulfide) groups is 1. The van der Waals surface area contributed by atoms with Crippen molar-refractivity contribution in [1.82, 2.24) is 4.98 Å². The lowest BCUT2D eigenvalue weighted by Gasteiger charge is -2.07. The highest BCUT2D eigenvalue weighted by molar-refractivity contribution is 8.10. The van der Waals surface area contributed by atoms with Gasteiger partial charge in [-0.15, -0.1) is 0 Å². The molecule has 3 heteroatoms. The molecule has 0 aliphatic carbocycles. The number of aromatic nitrogens is 1. The Hall–Kier alpha value is -1.74. The number of rotatable bonds is 4. The van der Waals surface area contributed by atoms with Crippen LogP contribution in [-0.2, 0) is 0 Å². The molecule has 1 heterocycles. The van der Waals surface area contributed by atoms with Crippen LogP contribution in [-0.4, -0.2) is 4.98 Å². The van der Waals surface area contributed by atoms with E-state index in [1.807, 2.05) is 24.3 Å². The van der Waals surface area contributed by atoms with E-state index in [1.165, 1.54) is 5.57 Å². The van der Waals surface area contributed by atoms with Crippen LogP contribution in [0, 0.1) is 5.92 Å². The molecule has 0 bridgehead atoms. The largest absolute Gasteiger partial charge is 0.354 e. The van der Waals surface area contributed by atoms with Crippen molar-refractivity contribution in [1.29, 1.82) is 0 Å². The average molecular weight is 285 g/mol. The summed E-state index contributed by atoms with van der Waals surface area (Å²) in [6.45, 7) is 10.5. The van der Waals surface area contributed by atoms with Gasteiger partial charge < -0.3 is 4.98 Å². The molecule has 2 aromatic rings. The Balaban J connectivity index is 2.32. The number of H-pyrrole nitrogens is 1. The molecule has 0 aliphatic rings. The predicted octanol–water partition coefficient (Wildman–Crippen LogP) is 4.79. The zero-order valence-electron chi connectivity index (χ0n) is 12.1. The number of hydrogen-bond donors (Lipinski definition) is 1. The first kappa shape index (κ1) is 14.7. The Morgan fingerprint density at radius 1 is 1.35 bits per heavy atom. The standard InChI is InChI=1S/C17H19NOS/c1-11(2)12(3)10-20-13(4)16-9-17(19)14-7-5-6-8-15(14)18-16/h5-11H,4H2,1-3H3,(H,18,19)/b12-10+. The highest BCUT2D eigenvalue weighted by Gasteiger charge is 2.05. The van der Waals surface area contributed by atoms with Crippen LogP contribution < -0.4 is 5.43 Å². The molecule has 2 rings (SSSR count). The predicted molar refractivity (Wildman–Crippen MR) is 89.8 cm³/mol. The van der Waals surface area contributed by atoms with Crippen LogP contribution in [0.1, 0.15) is 26.5 Å². The first-order valence-corrected chi connectivity index (χ1v) is 7.51. The van der Waals surface area contributed by atoms with Crippen molar-refractivity contribution >= 4 is 27.6 Å². The van der Waals surface area contributed by atoms with Gasteiger partial charge >= 0.3 is 0 Å². The number of allylic oxidation sites excluding steroid dienone is 1. The van der Waals surface area contributed by atoms with Gasteiger partial charge in [-0.3, -0.25) is 4.79 Å². The van der Waals surface area contributed by atoms with Crippen molar-refractivity contribution in [3.8, 4) is 0 Å². The molecule has 1 aromatic heterocycles. The third-order valence-corrected chi connectivity index (χ3v) is 4.33. The number of nitrogens with one attached hydrogen (secondary N) is 1. The SMILES string of the molecule is C=C(S/C=C(\C)C(C)C)c1cc(=O)c2ccccc2[nH]1. The normalized spacial score (nSPS) is 12.1. The second-order valence-corrected chi connectivity index (χ2v) is 6.11. The van der Waals surface area contributed by atoms with Crippen molar-refractivity contribution in [2.45, 2.75) is 20.8 Å². The van der Waals surface area contributed by atoms with Gasteiger partial charge in [0.15, 0.2) is 5.43 Å². The maximum atomic E-state index is 12.1. The summed E-state index contributed by atoms with van der Waals surface area (Å²) in [4.78, 5) is 16.2. The monoisotopic (exact) mass is 285 g/mol. The second-order valence-electron chi connectivity index (χ2n) is 5.15. The van der Waals surface area contributed by atoms with E-state index in [1.54, 1.807) is 17.8 Å². The number of para-hydroxylation sites is 1. The van der Waals surface area contributed by atoms with Crippen LogP contribution in [0.3, 0.4) is 0 Å². The van der Waals surface area contributed by atoms with E-state index in [-0.39, 0.29) is 5.43 Å². The van der Waals surface area contributed by atoms with Gasteiger partial charge in [0.2, 0.25) is 0 Å². The fourth-order valence-corrected chi connectivity index (χ4v) is 2.55. The van der Waals surface area contributed by atoms with Gasteiger partial charge in [0.1, 0.15) is 0 Å². The Bertz CT molecular complexity index is 725. The van der Waals surface area contributed by atoms with Crippen LogP contribution in [0.5, 0.6) is 0 Å². The molecule has 0 amide bonds. The van der Waals surface area contributed by atoms with Gasteiger partial charge in [-0.05, 0) is 30.4 Å². The zero-order valence-corrected chi connectivity index (χ0v) is 12.9. The summed E-state index contributed by atoms with van der Waals surface area (Å²) in [5.74, 6) is 0.519. The average Bonchev–Trinajstić information content (AvgIpc) is 2.44. The van der Waals surface area contributed by atoms with Gasteiger partial charge in [-0.1, -0.05) is 49.9 Å². The molecule has 1 aromatic carbocycles. The molecule has 1 N–H and O–H groups in total. The van der Waals surface area contributed by atoms with Crippen LogP contribution >= 0.6 is 11.8 Å². The fraction of sp³-hybridized carbons (Fsp3) is 0.235. The lowest BCUT2D eigenvalue weighted by molar-refractivity contribution is 0.772. The van der Waals surface area contributed by atoms with Crippen LogP contribution in [0.2, 0.25) is 0 Å². The summed E-state index contributed by atoms with van der Waals surface area (Å²) in [6, 6.07) is 9.15. The molecule has 0 radical (unpaired) electrons. The summed E-state index contributed by atoms with van der Waals surface area (Å²) >= 11 is 1.56. The van der Waals surface area contributed by atoms with E-state index in [0.29, 0.717) is 11.3 Å². The Morgan fingerprint density at radius 2 is 2.05 bits per heavy atom. The van der Waals surface area contributed by atoms with Gasteiger partial charge in [-0.2, -0.15) is 0 Å². The topological polar surface area (TPSA) is 32.9 Å². The van der Waals surface area contributed by atoms with Crippen LogP contribution in [0.25, 0.3) is 15.8 Å². The summed E-state index contributed by atoms with van der Waals surface area (Å²) in [5.41, 5.74) is 2.97. The molecule has 104 valence electrons. The first-order valence-electron chi connectivity index (χ1n) is 6.63. The maximum Gasteiger partial charge on any atom is 0.190 e.